The SMILES string of the molecule is C[C@H](OC(=O)[C@@H]1CCC(=O)N1)C(=O)NCc1ccccc1Cl. The van der Waals surface area contributed by atoms with Crippen LogP contribution in [0.3, 0.4) is 0 Å². The van der Waals surface area contributed by atoms with Crippen LogP contribution < -0.4 is 10.6 Å². The second-order valence-electron chi connectivity index (χ2n) is 5.05. The van der Waals surface area contributed by atoms with Crippen LogP contribution in [0.25, 0.3) is 0 Å². The molecule has 1 aliphatic heterocycles. The molecule has 2 N–H and O–H groups in total. The van der Waals surface area contributed by atoms with Gasteiger partial charge in [-0.25, -0.2) is 4.79 Å². The normalized spacial score (nSPS) is 18.5. The van der Waals surface area contributed by atoms with Crippen molar-refractivity contribution in [2.75, 3.05) is 0 Å². The van der Waals surface area contributed by atoms with E-state index in [1.165, 1.54) is 6.92 Å². The summed E-state index contributed by atoms with van der Waals surface area (Å²) in [6.45, 7) is 1.73. The van der Waals surface area contributed by atoms with Crippen LogP contribution in [-0.2, 0) is 25.7 Å². The summed E-state index contributed by atoms with van der Waals surface area (Å²) in [6.07, 6.45) is -0.245. The topological polar surface area (TPSA) is 84.5 Å². The van der Waals surface area contributed by atoms with Crippen LogP contribution in [0.1, 0.15) is 25.3 Å². The van der Waals surface area contributed by atoms with Gasteiger partial charge in [0, 0.05) is 18.0 Å². The summed E-state index contributed by atoms with van der Waals surface area (Å²) in [4.78, 5) is 34.8. The Balaban J connectivity index is 1.81. The van der Waals surface area contributed by atoms with Crippen molar-refractivity contribution in [3.05, 3.63) is 34.9 Å². The average Bonchev–Trinajstić information content (AvgIpc) is 2.92. The molecule has 22 heavy (non-hydrogen) atoms. The molecule has 0 aromatic heterocycles. The standard InChI is InChI=1S/C15H17ClN2O4/c1-9(22-15(21)12-6-7-13(19)18-12)14(20)17-8-10-4-2-3-5-11(10)16/h2-5,9,12H,6-8H2,1H3,(H,17,20)(H,18,19)/t9-,12-/m0/s1. The lowest BCUT2D eigenvalue weighted by Gasteiger charge is -2.16. The maximum Gasteiger partial charge on any atom is 0.329 e. The van der Waals surface area contributed by atoms with Gasteiger partial charge in [0.05, 0.1) is 0 Å². The summed E-state index contributed by atoms with van der Waals surface area (Å²) in [5, 5.41) is 5.71. The smallest absolute Gasteiger partial charge is 0.329 e. The second kappa shape index (κ2) is 7.26. The van der Waals surface area contributed by atoms with Crippen LogP contribution in [0.2, 0.25) is 5.02 Å². The summed E-state index contributed by atoms with van der Waals surface area (Å²) in [5.74, 6) is -1.19. The lowest BCUT2D eigenvalue weighted by atomic mass is 10.2. The minimum Gasteiger partial charge on any atom is -0.451 e. The minimum atomic E-state index is -0.938. The van der Waals surface area contributed by atoms with Crippen LogP contribution in [-0.4, -0.2) is 29.9 Å². The van der Waals surface area contributed by atoms with Gasteiger partial charge in [-0.1, -0.05) is 29.8 Å². The molecule has 1 aromatic rings. The molecule has 0 radical (unpaired) electrons. The third-order valence-electron chi connectivity index (χ3n) is 3.35. The number of carbonyl (C=O) groups excluding carboxylic acids is 3. The predicted octanol–water partition coefficient (Wildman–Crippen LogP) is 1.17. The van der Waals surface area contributed by atoms with Crippen LogP contribution in [0.5, 0.6) is 0 Å². The molecule has 1 saturated heterocycles. The van der Waals surface area contributed by atoms with Crippen molar-refractivity contribution in [3.63, 3.8) is 0 Å². The molecule has 2 amide bonds. The van der Waals surface area contributed by atoms with E-state index >= 15 is 0 Å². The molecule has 0 bridgehead atoms. The fraction of sp³-hybridized carbons (Fsp3) is 0.400. The summed E-state index contributed by atoms with van der Waals surface area (Å²) in [6, 6.07) is 6.49. The molecule has 0 aliphatic carbocycles. The molecular formula is C15H17ClN2O4. The Morgan fingerprint density at radius 3 is 2.82 bits per heavy atom. The monoisotopic (exact) mass is 324 g/mol. The number of halogens is 1. The van der Waals surface area contributed by atoms with E-state index in [9.17, 15) is 14.4 Å². The number of esters is 1. The van der Waals surface area contributed by atoms with E-state index < -0.39 is 24.0 Å². The number of carbonyl (C=O) groups is 3. The second-order valence-corrected chi connectivity index (χ2v) is 5.45. The third kappa shape index (κ3) is 4.21. The summed E-state index contributed by atoms with van der Waals surface area (Å²) in [5.41, 5.74) is 0.777. The summed E-state index contributed by atoms with van der Waals surface area (Å²) < 4.78 is 5.06. The highest BCUT2D eigenvalue weighted by molar-refractivity contribution is 6.31. The molecule has 2 rings (SSSR count). The summed E-state index contributed by atoms with van der Waals surface area (Å²) >= 11 is 5.99. The van der Waals surface area contributed by atoms with Gasteiger partial charge in [0.2, 0.25) is 5.91 Å². The van der Waals surface area contributed by atoms with Gasteiger partial charge in [0.1, 0.15) is 6.04 Å². The van der Waals surface area contributed by atoms with Gasteiger partial charge < -0.3 is 15.4 Å². The molecule has 1 aromatic carbocycles. The van der Waals surface area contributed by atoms with Gasteiger partial charge in [-0.2, -0.15) is 0 Å². The zero-order valence-corrected chi connectivity index (χ0v) is 12.9. The molecule has 0 saturated carbocycles. The van der Waals surface area contributed by atoms with E-state index in [4.69, 9.17) is 16.3 Å². The van der Waals surface area contributed by atoms with E-state index in [0.29, 0.717) is 17.9 Å². The lowest BCUT2D eigenvalue weighted by molar-refractivity contribution is -0.156. The zero-order valence-electron chi connectivity index (χ0n) is 12.1. The largest absolute Gasteiger partial charge is 0.451 e. The Hall–Kier alpha value is -2.08. The van der Waals surface area contributed by atoms with Crippen molar-refractivity contribution in [2.24, 2.45) is 0 Å². The van der Waals surface area contributed by atoms with Gasteiger partial charge in [-0.05, 0) is 25.0 Å². The first-order valence-corrected chi connectivity index (χ1v) is 7.36. The quantitative estimate of drug-likeness (QED) is 0.796. The van der Waals surface area contributed by atoms with Gasteiger partial charge in [0.15, 0.2) is 6.10 Å². The first-order chi connectivity index (χ1) is 10.5. The number of amides is 2. The molecule has 1 heterocycles. The van der Waals surface area contributed by atoms with Gasteiger partial charge >= 0.3 is 5.97 Å². The highest BCUT2D eigenvalue weighted by Gasteiger charge is 2.30. The molecule has 0 spiro atoms. The zero-order chi connectivity index (χ0) is 16.1. The Kier molecular flexibility index (Phi) is 5.38. The average molecular weight is 325 g/mol. The Labute approximate surface area is 133 Å². The number of hydrogen-bond acceptors (Lipinski definition) is 4. The summed E-state index contributed by atoms with van der Waals surface area (Å²) in [7, 11) is 0. The van der Waals surface area contributed by atoms with E-state index in [2.05, 4.69) is 10.6 Å². The van der Waals surface area contributed by atoms with Crippen molar-refractivity contribution >= 4 is 29.4 Å². The van der Waals surface area contributed by atoms with Crippen LogP contribution in [0.15, 0.2) is 24.3 Å². The van der Waals surface area contributed by atoms with Crippen LogP contribution in [0, 0.1) is 0 Å². The highest BCUT2D eigenvalue weighted by atomic mass is 35.5. The van der Waals surface area contributed by atoms with Crippen LogP contribution in [0.4, 0.5) is 0 Å². The Bertz CT molecular complexity index is 591. The molecule has 1 fully saturated rings. The Morgan fingerprint density at radius 1 is 1.45 bits per heavy atom. The fourth-order valence-corrected chi connectivity index (χ4v) is 2.27. The molecule has 7 heteroatoms. The number of ether oxygens (including phenoxy) is 1. The third-order valence-corrected chi connectivity index (χ3v) is 3.72. The van der Waals surface area contributed by atoms with E-state index in [1.54, 1.807) is 18.2 Å². The maximum absolute atomic E-state index is 11.9. The van der Waals surface area contributed by atoms with E-state index in [-0.39, 0.29) is 12.5 Å². The molecule has 2 atom stereocenters. The van der Waals surface area contributed by atoms with Crippen molar-refractivity contribution in [1.82, 2.24) is 10.6 Å². The number of benzene rings is 1. The maximum atomic E-state index is 11.9. The van der Waals surface area contributed by atoms with Gasteiger partial charge in [-0.3, -0.25) is 9.59 Å². The van der Waals surface area contributed by atoms with Gasteiger partial charge in [-0.15, -0.1) is 0 Å². The number of rotatable bonds is 5. The van der Waals surface area contributed by atoms with Crippen molar-refractivity contribution < 1.29 is 19.1 Å². The molecular weight excluding hydrogens is 308 g/mol. The molecule has 6 nitrogen and oxygen atoms in total. The molecule has 0 unspecified atom stereocenters. The molecule has 1 aliphatic rings. The fourth-order valence-electron chi connectivity index (χ4n) is 2.07. The Morgan fingerprint density at radius 2 is 2.18 bits per heavy atom. The number of hydrogen-bond donors (Lipinski definition) is 2. The molecule has 118 valence electrons. The minimum absolute atomic E-state index is 0.183. The number of nitrogens with one attached hydrogen (secondary N) is 2. The van der Waals surface area contributed by atoms with E-state index in [0.717, 1.165) is 5.56 Å². The van der Waals surface area contributed by atoms with Crippen molar-refractivity contribution in [3.8, 4) is 0 Å². The van der Waals surface area contributed by atoms with Crippen molar-refractivity contribution in [1.29, 1.82) is 0 Å². The van der Waals surface area contributed by atoms with Gasteiger partial charge in [0.25, 0.3) is 5.91 Å². The first kappa shape index (κ1) is 16.3. The highest BCUT2D eigenvalue weighted by Crippen LogP contribution is 2.14. The first-order valence-electron chi connectivity index (χ1n) is 6.98. The lowest BCUT2D eigenvalue weighted by Crippen LogP contribution is -2.41. The van der Waals surface area contributed by atoms with Crippen LogP contribution >= 0.6 is 11.6 Å². The van der Waals surface area contributed by atoms with Crippen molar-refractivity contribution in [2.45, 2.75) is 38.5 Å². The predicted molar refractivity (Wildman–Crippen MR) is 80.0 cm³/mol. The van der Waals surface area contributed by atoms with E-state index in [1.807, 2.05) is 6.07 Å².